The van der Waals surface area contributed by atoms with Crippen LogP contribution in [0.3, 0.4) is 0 Å². The maximum atomic E-state index is 13.8. The lowest BCUT2D eigenvalue weighted by molar-refractivity contribution is 0.0744. The number of rotatable bonds is 4. The largest absolute Gasteiger partial charge is 0.334 e. The lowest BCUT2D eigenvalue weighted by Gasteiger charge is -2.20. The lowest BCUT2D eigenvalue weighted by atomic mass is 10.1. The Morgan fingerprint density at radius 2 is 2.00 bits per heavy atom. The molecule has 1 heterocycles. The molecule has 20 heavy (non-hydrogen) atoms. The average molecular weight is 360 g/mol. The van der Waals surface area contributed by atoms with Crippen molar-refractivity contribution in [3.8, 4) is 0 Å². The number of halogens is 3. The van der Waals surface area contributed by atoms with Crippen LogP contribution in [-0.2, 0) is 6.54 Å². The zero-order valence-electron chi connectivity index (χ0n) is 10.7. The maximum Gasteiger partial charge on any atom is 0.260 e. The maximum absolute atomic E-state index is 13.8. The van der Waals surface area contributed by atoms with E-state index in [0.717, 1.165) is 17.0 Å². The lowest BCUT2D eigenvalue weighted by Crippen LogP contribution is -2.31. The number of thiophene rings is 1. The summed E-state index contributed by atoms with van der Waals surface area (Å²) in [6.07, 6.45) is 0. The van der Waals surface area contributed by atoms with Crippen LogP contribution in [0, 0.1) is 11.6 Å². The van der Waals surface area contributed by atoms with Crippen molar-refractivity contribution in [3.63, 3.8) is 0 Å². The molecule has 106 valence electrons. The predicted octanol–water partition coefficient (Wildman–Crippen LogP) is 4.45. The van der Waals surface area contributed by atoms with Crippen LogP contribution in [0.25, 0.3) is 0 Å². The third kappa shape index (κ3) is 3.24. The van der Waals surface area contributed by atoms with Gasteiger partial charge in [-0.2, -0.15) is 0 Å². The SMILES string of the molecule is CCN(Cc1cccs1)C(=O)c1c(F)cc(Br)cc1F. The van der Waals surface area contributed by atoms with Crippen molar-refractivity contribution in [1.29, 1.82) is 0 Å². The van der Waals surface area contributed by atoms with E-state index in [1.807, 2.05) is 17.5 Å². The molecule has 0 bridgehead atoms. The van der Waals surface area contributed by atoms with Crippen molar-refractivity contribution in [2.75, 3.05) is 6.54 Å². The van der Waals surface area contributed by atoms with E-state index in [1.165, 1.54) is 16.2 Å². The van der Waals surface area contributed by atoms with Crippen molar-refractivity contribution in [1.82, 2.24) is 4.90 Å². The normalized spacial score (nSPS) is 10.6. The Bertz CT molecular complexity index is 593. The summed E-state index contributed by atoms with van der Waals surface area (Å²) in [6.45, 7) is 2.51. The Morgan fingerprint density at radius 1 is 1.35 bits per heavy atom. The van der Waals surface area contributed by atoms with Gasteiger partial charge in [-0.1, -0.05) is 22.0 Å². The summed E-state index contributed by atoms with van der Waals surface area (Å²) in [7, 11) is 0. The minimum absolute atomic E-state index is 0.269. The zero-order chi connectivity index (χ0) is 14.7. The molecule has 6 heteroatoms. The summed E-state index contributed by atoms with van der Waals surface area (Å²) < 4.78 is 27.9. The number of benzene rings is 1. The molecule has 1 amide bonds. The highest BCUT2D eigenvalue weighted by Gasteiger charge is 2.23. The minimum Gasteiger partial charge on any atom is -0.334 e. The predicted molar refractivity (Wildman–Crippen MR) is 78.8 cm³/mol. The Hall–Kier alpha value is -1.27. The van der Waals surface area contributed by atoms with Crippen molar-refractivity contribution in [2.24, 2.45) is 0 Å². The van der Waals surface area contributed by atoms with Crippen LogP contribution in [0.5, 0.6) is 0 Å². The molecule has 0 aliphatic carbocycles. The number of carbonyl (C=O) groups is 1. The quantitative estimate of drug-likeness (QED) is 0.789. The van der Waals surface area contributed by atoms with Crippen molar-refractivity contribution >= 4 is 33.2 Å². The van der Waals surface area contributed by atoms with Gasteiger partial charge in [-0.15, -0.1) is 11.3 Å². The van der Waals surface area contributed by atoms with Gasteiger partial charge in [0.15, 0.2) is 0 Å². The van der Waals surface area contributed by atoms with Gasteiger partial charge in [0.2, 0.25) is 0 Å². The summed E-state index contributed by atoms with van der Waals surface area (Å²) in [5.41, 5.74) is -0.508. The summed E-state index contributed by atoms with van der Waals surface area (Å²) in [6, 6.07) is 5.94. The first kappa shape index (κ1) is 15.1. The van der Waals surface area contributed by atoms with Gasteiger partial charge in [0, 0.05) is 15.9 Å². The van der Waals surface area contributed by atoms with Gasteiger partial charge in [-0.05, 0) is 30.5 Å². The Balaban J connectivity index is 2.29. The monoisotopic (exact) mass is 359 g/mol. The van der Waals surface area contributed by atoms with Gasteiger partial charge in [-0.3, -0.25) is 4.79 Å². The molecule has 0 atom stereocenters. The van der Waals surface area contributed by atoms with Crippen LogP contribution in [0.2, 0.25) is 0 Å². The number of amides is 1. The first-order valence-corrected chi connectivity index (χ1v) is 7.66. The molecule has 0 spiro atoms. The van der Waals surface area contributed by atoms with Gasteiger partial charge >= 0.3 is 0 Å². The molecular weight excluding hydrogens is 348 g/mol. The number of hydrogen-bond acceptors (Lipinski definition) is 2. The van der Waals surface area contributed by atoms with Crippen molar-refractivity contribution < 1.29 is 13.6 Å². The Kier molecular flexibility index (Phi) is 4.88. The Morgan fingerprint density at radius 3 is 2.50 bits per heavy atom. The number of nitrogens with zero attached hydrogens (tertiary/aromatic N) is 1. The van der Waals surface area contributed by atoms with Crippen LogP contribution in [-0.4, -0.2) is 17.4 Å². The molecule has 0 aliphatic heterocycles. The van der Waals surface area contributed by atoms with Crippen LogP contribution >= 0.6 is 27.3 Å². The average Bonchev–Trinajstić information content (AvgIpc) is 2.87. The van der Waals surface area contributed by atoms with Crippen LogP contribution in [0.4, 0.5) is 8.78 Å². The molecule has 2 aromatic rings. The van der Waals surface area contributed by atoms with Crippen molar-refractivity contribution in [2.45, 2.75) is 13.5 Å². The topological polar surface area (TPSA) is 20.3 Å². The fourth-order valence-corrected chi connectivity index (χ4v) is 2.94. The molecule has 0 N–H and O–H groups in total. The molecule has 0 aliphatic rings. The first-order chi connectivity index (χ1) is 9.52. The second-order valence-electron chi connectivity index (χ2n) is 4.14. The van der Waals surface area contributed by atoms with E-state index in [1.54, 1.807) is 6.92 Å². The van der Waals surface area contributed by atoms with Gasteiger partial charge < -0.3 is 4.90 Å². The Labute approximate surface area is 128 Å². The smallest absolute Gasteiger partial charge is 0.260 e. The summed E-state index contributed by atoms with van der Waals surface area (Å²) in [5, 5.41) is 1.90. The number of hydrogen-bond donors (Lipinski definition) is 0. The summed E-state index contributed by atoms with van der Waals surface area (Å²) in [4.78, 5) is 14.7. The van der Waals surface area contributed by atoms with Crippen LogP contribution < -0.4 is 0 Å². The molecule has 2 nitrogen and oxygen atoms in total. The highest BCUT2D eigenvalue weighted by atomic mass is 79.9. The third-order valence-corrected chi connectivity index (χ3v) is 4.14. The van der Waals surface area contributed by atoms with E-state index < -0.39 is 23.1 Å². The van der Waals surface area contributed by atoms with E-state index in [-0.39, 0.29) is 4.47 Å². The summed E-state index contributed by atoms with van der Waals surface area (Å²) in [5.74, 6) is -2.35. The standard InChI is InChI=1S/C14H12BrF2NOS/c1-2-18(8-10-4-3-5-20-10)14(19)13-11(16)6-9(15)7-12(13)17/h3-7H,2,8H2,1H3. The second kappa shape index (κ2) is 6.45. The second-order valence-corrected chi connectivity index (χ2v) is 6.09. The van der Waals surface area contributed by atoms with Gasteiger partial charge in [-0.25, -0.2) is 8.78 Å². The van der Waals surface area contributed by atoms with Crippen molar-refractivity contribution in [3.05, 3.63) is 56.2 Å². The molecule has 0 radical (unpaired) electrons. The number of carbonyl (C=O) groups excluding carboxylic acids is 1. The van der Waals surface area contributed by atoms with E-state index in [9.17, 15) is 13.6 Å². The van der Waals surface area contributed by atoms with Crippen LogP contribution in [0.1, 0.15) is 22.2 Å². The first-order valence-electron chi connectivity index (χ1n) is 5.99. The fourth-order valence-electron chi connectivity index (χ4n) is 1.82. The molecule has 2 rings (SSSR count). The zero-order valence-corrected chi connectivity index (χ0v) is 13.1. The minimum atomic E-state index is -0.855. The molecule has 1 aromatic heterocycles. The van der Waals surface area contributed by atoms with Gasteiger partial charge in [0.05, 0.1) is 6.54 Å². The van der Waals surface area contributed by atoms with E-state index >= 15 is 0 Å². The van der Waals surface area contributed by atoms with Crippen LogP contribution in [0.15, 0.2) is 34.1 Å². The highest BCUT2D eigenvalue weighted by Crippen LogP contribution is 2.22. The fraction of sp³-hybridized carbons (Fsp3) is 0.214. The van der Waals surface area contributed by atoms with E-state index in [4.69, 9.17) is 0 Å². The molecule has 0 saturated heterocycles. The molecule has 0 fully saturated rings. The molecule has 0 unspecified atom stereocenters. The summed E-state index contributed by atoms with van der Waals surface area (Å²) >= 11 is 4.50. The third-order valence-electron chi connectivity index (χ3n) is 2.82. The molecular formula is C14H12BrF2NOS. The molecule has 0 saturated carbocycles. The van der Waals surface area contributed by atoms with Gasteiger partial charge in [0.1, 0.15) is 17.2 Å². The highest BCUT2D eigenvalue weighted by molar-refractivity contribution is 9.10. The van der Waals surface area contributed by atoms with E-state index in [2.05, 4.69) is 15.9 Å². The van der Waals surface area contributed by atoms with E-state index in [0.29, 0.717) is 13.1 Å². The van der Waals surface area contributed by atoms with Gasteiger partial charge in [0.25, 0.3) is 5.91 Å². The molecule has 1 aromatic carbocycles.